The number of ether oxygens (including phenoxy) is 1. The van der Waals surface area contributed by atoms with Crippen LogP contribution in [-0.2, 0) is 19.6 Å². The zero-order valence-electron chi connectivity index (χ0n) is 17.8. The Morgan fingerprint density at radius 3 is 2.52 bits per heavy atom. The first-order chi connectivity index (χ1) is 14.8. The third kappa shape index (κ3) is 5.63. The van der Waals surface area contributed by atoms with Crippen molar-refractivity contribution in [3.05, 3.63) is 41.5 Å². The second-order valence-corrected chi connectivity index (χ2v) is 8.97. The molecule has 2 heterocycles. The van der Waals surface area contributed by atoms with Gasteiger partial charge in [-0.2, -0.15) is 8.42 Å². The van der Waals surface area contributed by atoms with Crippen LogP contribution < -0.4 is 10.6 Å². The maximum Gasteiger partial charge on any atom is 0.315 e. The van der Waals surface area contributed by atoms with E-state index < -0.39 is 10.0 Å². The molecule has 0 unspecified atom stereocenters. The Morgan fingerprint density at radius 1 is 1.19 bits per heavy atom. The molecule has 1 aromatic carbocycles. The van der Waals surface area contributed by atoms with Crippen molar-refractivity contribution in [3.8, 4) is 0 Å². The predicted molar refractivity (Wildman–Crippen MR) is 118 cm³/mol. The molecule has 2 aliphatic heterocycles. The van der Waals surface area contributed by atoms with Crippen LogP contribution in [0.25, 0.3) is 4.91 Å². The Bertz CT molecular complexity index is 980. The van der Waals surface area contributed by atoms with E-state index in [1.807, 2.05) is 11.0 Å². The van der Waals surface area contributed by atoms with E-state index in [1.54, 1.807) is 38.1 Å². The number of esters is 1. The maximum absolute atomic E-state index is 12.7. The van der Waals surface area contributed by atoms with Crippen molar-refractivity contribution in [1.82, 2.24) is 15.5 Å². The molecule has 0 aromatic heterocycles. The summed E-state index contributed by atoms with van der Waals surface area (Å²) in [6, 6.07) is 8.63. The molecule has 0 aliphatic carbocycles. The number of urea groups is 1. The van der Waals surface area contributed by atoms with Gasteiger partial charge in [0, 0.05) is 31.2 Å². The molecule has 0 saturated carbocycles. The molecule has 1 saturated heterocycles. The molecule has 0 spiro atoms. The van der Waals surface area contributed by atoms with Crippen molar-refractivity contribution in [2.75, 3.05) is 26.2 Å². The molecule has 31 heavy (non-hydrogen) atoms. The largest absolute Gasteiger partial charge is 0.466 e. The van der Waals surface area contributed by atoms with Gasteiger partial charge in [-0.1, -0.05) is 30.3 Å². The summed E-state index contributed by atoms with van der Waals surface area (Å²) >= 11 is 0. The van der Waals surface area contributed by atoms with Crippen LogP contribution in [-0.4, -0.2) is 63.4 Å². The van der Waals surface area contributed by atoms with E-state index in [4.69, 9.17) is 4.74 Å². The lowest BCUT2D eigenvalue weighted by Gasteiger charge is -2.33. The van der Waals surface area contributed by atoms with Gasteiger partial charge in [0.15, 0.2) is 0 Å². The maximum atomic E-state index is 12.7. The predicted octanol–water partition coefficient (Wildman–Crippen LogP) is 1.88. The second-order valence-electron chi connectivity index (χ2n) is 7.43. The number of carbonyl (C=O) groups is 2. The number of amides is 2. The Morgan fingerprint density at radius 2 is 1.87 bits per heavy atom. The second kappa shape index (κ2) is 9.95. The molecular weight excluding hydrogens is 420 g/mol. The molecule has 0 radical (unpaired) electrons. The van der Waals surface area contributed by atoms with Gasteiger partial charge < -0.3 is 20.3 Å². The van der Waals surface area contributed by atoms with E-state index >= 15 is 0 Å². The highest BCUT2D eigenvalue weighted by Crippen LogP contribution is 2.34. The molecule has 1 fully saturated rings. The lowest BCUT2D eigenvalue weighted by atomic mass is 10.0. The van der Waals surface area contributed by atoms with Crippen LogP contribution in [0.5, 0.6) is 0 Å². The molecular formula is C21H28N4O5S. The van der Waals surface area contributed by atoms with Gasteiger partial charge in [0.1, 0.15) is 10.7 Å². The summed E-state index contributed by atoms with van der Waals surface area (Å²) in [5.74, 6) is 0.137. The topological polar surface area (TPSA) is 117 Å². The lowest BCUT2D eigenvalue weighted by Crippen LogP contribution is -2.49. The zero-order valence-corrected chi connectivity index (χ0v) is 18.6. The van der Waals surface area contributed by atoms with Gasteiger partial charge in [0.25, 0.3) is 10.0 Å². The van der Waals surface area contributed by atoms with Crippen molar-refractivity contribution < 1.29 is 22.7 Å². The Labute approximate surface area is 182 Å². The van der Waals surface area contributed by atoms with Crippen LogP contribution >= 0.6 is 0 Å². The van der Waals surface area contributed by atoms with E-state index in [9.17, 15) is 18.0 Å². The summed E-state index contributed by atoms with van der Waals surface area (Å²) in [5.41, 5.74) is 1.28. The van der Waals surface area contributed by atoms with Crippen molar-refractivity contribution >= 4 is 32.8 Å². The number of piperidine rings is 1. The van der Waals surface area contributed by atoms with Gasteiger partial charge in [-0.3, -0.25) is 4.79 Å². The molecule has 9 nitrogen and oxygen atoms in total. The molecule has 3 rings (SSSR count). The lowest BCUT2D eigenvalue weighted by molar-refractivity contribution is -0.142. The zero-order chi connectivity index (χ0) is 22.4. The van der Waals surface area contributed by atoms with Gasteiger partial charge in [-0.25, -0.2) is 4.79 Å². The standard InChI is InChI=1S/C21H28N4O5S/c1-3-30-18(26)9-12-22-21(27)23-17-10-13-25(14-11-17)20-15(2)19(31(28,29)24-20)16-7-5-4-6-8-16/h4-8,17H,3,9-14H2,1-2H3,(H2,22,23,27). The highest BCUT2D eigenvalue weighted by Gasteiger charge is 2.34. The van der Waals surface area contributed by atoms with E-state index in [2.05, 4.69) is 15.0 Å². The summed E-state index contributed by atoms with van der Waals surface area (Å²) < 4.78 is 34.2. The van der Waals surface area contributed by atoms with Crippen molar-refractivity contribution in [1.29, 1.82) is 0 Å². The quantitative estimate of drug-likeness (QED) is 0.642. The fourth-order valence-corrected chi connectivity index (χ4v) is 5.24. The van der Waals surface area contributed by atoms with Crippen LogP contribution in [0.3, 0.4) is 0 Å². The Kier molecular flexibility index (Phi) is 7.32. The first-order valence-corrected chi connectivity index (χ1v) is 11.8. The number of nitrogens with one attached hydrogen (secondary N) is 2. The number of benzene rings is 1. The van der Waals surface area contributed by atoms with Crippen molar-refractivity contribution in [2.24, 2.45) is 4.40 Å². The smallest absolute Gasteiger partial charge is 0.315 e. The van der Waals surface area contributed by atoms with E-state index in [-0.39, 0.29) is 35.9 Å². The molecule has 2 aliphatic rings. The van der Waals surface area contributed by atoms with Crippen LogP contribution in [0, 0.1) is 0 Å². The fourth-order valence-electron chi connectivity index (χ4n) is 3.76. The molecule has 1 aromatic rings. The van der Waals surface area contributed by atoms with Gasteiger partial charge in [0.2, 0.25) is 0 Å². The monoisotopic (exact) mass is 448 g/mol. The minimum absolute atomic E-state index is 0.0321. The third-order valence-electron chi connectivity index (χ3n) is 5.23. The minimum atomic E-state index is -3.73. The Balaban J connectivity index is 1.53. The fraction of sp³-hybridized carbons (Fsp3) is 0.476. The molecule has 0 atom stereocenters. The molecule has 2 amide bonds. The number of carbonyl (C=O) groups excluding carboxylic acids is 2. The summed E-state index contributed by atoms with van der Waals surface area (Å²) in [5, 5.41) is 5.55. The van der Waals surface area contributed by atoms with Crippen molar-refractivity contribution in [3.63, 3.8) is 0 Å². The van der Waals surface area contributed by atoms with E-state index in [0.717, 1.165) is 0 Å². The number of amidine groups is 1. The minimum Gasteiger partial charge on any atom is -0.466 e. The average molecular weight is 449 g/mol. The third-order valence-corrected chi connectivity index (χ3v) is 6.70. The molecule has 0 bridgehead atoms. The molecule has 168 valence electrons. The van der Waals surface area contributed by atoms with E-state index in [1.165, 1.54) is 0 Å². The summed E-state index contributed by atoms with van der Waals surface area (Å²) in [4.78, 5) is 25.5. The Hall–Kier alpha value is -2.88. The summed E-state index contributed by atoms with van der Waals surface area (Å²) in [7, 11) is -3.73. The molecule has 2 N–H and O–H groups in total. The molecule has 10 heteroatoms. The number of sulfonamides is 1. The van der Waals surface area contributed by atoms with Gasteiger partial charge in [-0.05, 0) is 32.3 Å². The highest BCUT2D eigenvalue weighted by atomic mass is 32.2. The van der Waals surface area contributed by atoms with E-state index in [0.29, 0.717) is 49.5 Å². The average Bonchev–Trinajstić information content (AvgIpc) is 2.98. The number of likely N-dealkylation sites (tertiary alicyclic amines) is 1. The summed E-state index contributed by atoms with van der Waals surface area (Å²) in [6.07, 6.45) is 1.46. The number of hydrogen-bond acceptors (Lipinski definition) is 6. The van der Waals surface area contributed by atoms with Crippen LogP contribution in [0.4, 0.5) is 4.79 Å². The number of hydrogen-bond donors (Lipinski definition) is 2. The summed E-state index contributed by atoms with van der Waals surface area (Å²) in [6.45, 7) is 5.22. The normalized spacial score (nSPS) is 18.5. The first-order valence-electron chi connectivity index (χ1n) is 10.4. The van der Waals surface area contributed by atoms with Gasteiger partial charge >= 0.3 is 12.0 Å². The first kappa shape index (κ1) is 22.8. The van der Waals surface area contributed by atoms with Crippen LogP contribution in [0.15, 0.2) is 40.3 Å². The SMILES string of the molecule is CCOC(=O)CCNC(=O)NC1CCN(C2=NS(=O)(=O)C(c3ccccc3)=C2C)CC1. The number of nitrogens with zero attached hydrogens (tertiary/aromatic N) is 2. The van der Waals surface area contributed by atoms with Crippen LogP contribution in [0.2, 0.25) is 0 Å². The van der Waals surface area contributed by atoms with Crippen LogP contribution in [0.1, 0.15) is 38.7 Å². The van der Waals surface area contributed by atoms with Gasteiger partial charge in [0.05, 0.1) is 13.0 Å². The van der Waals surface area contributed by atoms with Gasteiger partial charge in [-0.15, -0.1) is 4.40 Å². The number of rotatable bonds is 6. The highest BCUT2D eigenvalue weighted by molar-refractivity contribution is 8.00. The van der Waals surface area contributed by atoms with Crippen molar-refractivity contribution in [2.45, 2.75) is 39.2 Å².